The molecule has 0 spiro atoms. The monoisotopic (exact) mass is 100 g/mol. The number of aliphatic hydroxyl groups is 2. The third-order valence-corrected chi connectivity index (χ3v) is 0.264. The third kappa shape index (κ3) is 8.87. The fourth-order valence-electron chi connectivity index (χ4n) is 0. The van der Waals surface area contributed by atoms with Gasteiger partial charge in [0.1, 0.15) is 0 Å². The first-order chi connectivity index (χ1) is 2.27. The van der Waals surface area contributed by atoms with Crippen LogP contribution in [0.15, 0.2) is 0 Å². The zero-order chi connectivity index (χ0) is 4.28. The molecule has 0 bridgehead atoms. The second-order valence-electron chi connectivity index (χ2n) is 1.03. The molecule has 34 valence electrons. The summed E-state index contributed by atoms with van der Waals surface area (Å²) < 4.78 is 0. The van der Waals surface area contributed by atoms with Gasteiger partial charge in [-0.25, -0.2) is 0 Å². The van der Waals surface area contributed by atoms with Gasteiger partial charge >= 0.3 is 29.6 Å². The molecule has 3 heteroatoms. The van der Waals surface area contributed by atoms with Crippen LogP contribution in [0.2, 0.25) is 0 Å². The Bertz CT molecular complexity index is 22.8. The van der Waals surface area contributed by atoms with E-state index in [9.17, 15) is 0 Å². The molecule has 6 heavy (non-hydrogen) atoms. The molecule has 0 aromatic heterocycles. The van der Waals surface area contributed by atoms with Crippen molar-refractivity contribution in [3.63, 3.8) is 0 Å². The number of rotatable bonds is 1. The van der Waals surface area contributed by atoms with Gasteiger partial charge in [0.05, 0.1) is 12.7 Å². The predicted molar refractivity (Wildman–Crippen MR) is 25.9 cm³/mol. The third-order valence-electron chi connectivity index (χ3n) is 0.264. The summed E-state index contributed by atoms with van der Waals surface area (Å²) in [5.74, 6) is 0. The summed E-state index contributed by atoms with van der Waals surface area (Å²) in [6, 6.07) is 0. The van der Waals surface area contributed by atoms with Crippen LogP contribution >= 0.6 is 0 Å². The number of aliphatic hydroxyl groups excluding tert-OH is 2. The topological polar surface area (TPSA) is 40.5 Å². The first kappa shape index (κ1) is 10.0. The first-order valence-corrected chi connectivity index (χ1v) is 1.56. The Morgan fingerprint density at radius 1 is 1.67 bits per heavy atom. The van der Waals surface area contributed by atoms with Crippen molar-refractivity contribution in [1.82, 2.24) is 0 Å². The van der Waals surface area contributed by atoms with Gasteiger partial charge in [0.15, 0.2) is 0 Å². The van der Waals surface area contributed by atoms with Crippen molar-refractivity contribution in [2.45, 2.75) is 13.0 Å². The zero-order valence-corrected chi connectivity index (χ0v) is 3.18. The molecule has 0 radical (unpaired) electrons. The second-order valence-corrected chi connectivity index (χ2v) is 1.03. The van der Waals surface area contributed by atoms with Crippen LogP contribution in [-0.4, -0.2) is 52.5 Å². The molecular formula is C3H9NaO2. The van der Waals surface area contributed by atoms with E-state index in [1.165, 1.54) is 6.92 Å². The normalized spacial score (nSPS) is 12.5. The van der Waals surface area contributed by atoms with Crippen LogP contribution in [0.1, 0.15) is 6.92 Å². The quantitative estimate of drug-likeness (QED) is 0.402. The summed E-state index contributed by atoms with van der Waals surface area (Å²) in [7, 11) is 0. The van der Waals surface area contributed by atoms with E-state index in [-0.39, 0.29) is 36.2 Å². The fraction of sp³-hybridized carbons (Fsp3) is 1.00. The van der Waals surface area contributed by atoms with Crippen molar-refractivity contribution >= 4 is 29.6 Å². The van der Waals surface area contributed by atoms with Crippen molar-refractivity contribution < 1.29 is 10.2 Å². The molecule has 1 atom stereocenters. The maximum absolute atomic E-state index is 8.11. The molecule has 0 saturated heterocycles. The van der Waals surface area contributed by atoms with Crippen LogP contribution < -0.4 is 0 Å². The van der Waals surface area contributed by atoms with Crippen molar-refractivity contribution in [3.05, 3.63) is 0 Å². The Kier molecular flexibility index (Phi) is 9.89. The van der Waals surface area contributed by atoms with E-state index < -0.39 is 6.10 Å². The van der Waals surface area contributed by atoms with Gasteiger partial charge in [0.2, 0.25) is 0 Å². The van der Waals surface area contributed by atoms with Gasteiger partial charge in [-0.15, -0.1) is 0 Å². The molecular weight excluding hydrogens is 91.0 g/mol. The predicted octanol–water partition coefficient (Wildman–Crippen LogP) is -1.29. The molecule has 0 fully saturated rings. The molecule has 1 unspecified atom stereocenters. The van der Waals surface area contributed by atoms with E-state index in [4.69, 9.17) is 10.2 Å². The average Bonchev–Trinajstić information content (AvgIpc) is 1.38. The molecule has 2 nitrogen and oxygen atoms in total. The van der Waals surface area contributed by atoms with Gasteiger partial charge < -0.3 is 10.2 Å². The molecule has 0 aliphatic heterocycles. The Hall–Kier alpha value is 0.920. The summed E-state index contributed by atoms with van der Waals surface area (Å²) in [5, 5.41) is 16.0. The second kappa shape index (κ2) is 5.92. The Balaban J connectivity index is 0. The van der Waals surface area contributed by atoms with E-state index in [2.05, 4.69) is 0 Å². The van der Waals surface area contributed by atoms with Gasteiger partial charge in [-0.2, -0.15) is 0 Å². The first-order valence-electron chi connectivity index (χ1n) is 1.56. The molecule has 0 aliphatic rings. The number of hydrogen-bond donors (Lipinski definition) is 2. The van der Waals surface area contributed by atoms with Crippen molar-refractivity contribution in [1.29, 1.82) is 0 Å². The van der Waals surface area contributed by atoms with E-state index in [1.807, 2.05) is 0 Å². The fourth-order valence-corrected chi connectivity index (χ4v) is 0. The molecule has 0 aromatic rings. The average molecular weight is 100 g/mol. The summed E-state index contributed by atoms with van der Waals surface area (Å²) in [6.07, 6.45) is -0.560. The van der Waals surface area contributed by atoms with E-state index in [0.29, 0.717) is 0 Å². The molecule has 0 saturated carbocycles. The summed E-state index contributed by atoms with van der Waals surface area (Å²) >= 11 is 0. The van der Waals surface area contributed by atoms with Crippen molar-refractivity contribution in [2.24, 2.45) is 0 Å². The summed E-state index contributed by atoms with van der Waals surface area (Å²) in [5.41, 5.74) is 0. The van der Waals surface area contributed by atoms with Gasteiger partial charge in [0.25, 0.3) is 0 Å². The minimum atomic E-state index is -0.560. The van der Waals surface area contributed by atoms with Crippen LogP contribution in [0.3, 0.4) is 0 Å². The van der Waals surface area contributed by atoms with Gasteiger partial charge in [-0.1, -0.05) is 0 Å². The molecule has 0 aliphatic carbocycles. The van der Waals surface area contributed by atoms with Gasteiger partial charge in [0, 0.05) is 0 Å². The Morgan fingerprint density at radius 2 is 1.83 bits per heavy atom. The Labute approximate surface area is 59.5 Å². The molecule has 0 heterocycles. The molecule has 0 aromatic carbocycles. The molecule has 2 N–H and O–H groups in total. The van der Waals surface area contributed by atoms with E-state index in [1.54, 1.807) is 0 Å². The molecule has 0 rings (SSSR count). The zero-order valence-electron chi connectivity index (χ0n) is 3.18. The standard InChI is InChI=1S/C3H8O2.Na.H/c1-3(5)2-4;;/h3-5H,2H2,1H3;;. The minimum absolute atomic E-state index is 0. The van der Waals surface area contributed by atoms with Gasteiger partial charge in [-0.3, -0.25) is 0 Å². The number of hydrogen-bond acceptors (Lipinski definition) is 2. The van der Waals surface area contributed by atoms with Crippen LogP contribution in [0.5, 0.6) is 0 Å². The summed E-state index contributed by atoms with van der Waals surface area (Å²) in [4.78, 5) is 0. The Morgan fingerprint density at radius 3 is 1.83 bits per heavy atom. The SMILES string of the molecule is CC(O)CO.[NaH]. The van der Waals surface area contributed by atoms with Crippen LogP contribution in [0.4, 0.5) is 0 Å². The van der Waals surface area contributed by atoms with Crippen LogP contribution in [-0.2, 0) is 0 Å². The van der Waals surface area contributed by atoms with Gasteiger partial charge in [-0.05, 0) is 6.92 Å². The van der Waals surface area contributed by atoms with E-state index in [0.717, 1.165) is 0 Å². The molecule has 0 amide bonds. The van der Waals surface area contributed by atoms with Crippen molar-refractivity contribution in [3.8, 4) is 0 Å². The van der Waals surface area contributed by atoms with Crippen LogP contribution in [0, 0.1) is 0 Å². The van der Waals surface area contributed by atoms with Crippen molar-refractivity contribution in [2.75, 3.05) is 6.61 Å². The van der Waals surface area contributed by atoms with Crippen LogP contribution in [0.25, 0.3) is 0 Å². The van der Waals surface area contributed by atoms with E-state index >= 15 is 0 Å². The summed E-state index contributed by atoms with van der Waals surface area (Å²) in [6.45, 7) is 1.39. The maximum atomic E-state index is 8.11.